The summed E-state index contributed by atoms with van der Waals surface area (Å²) in [5.41, 5.74) is 1.40. The highest BCUT2D eigenvalue weighted by Crippen LogP contribution is 2.32. The molecule has 36 heavy (non-hydrogen) atoms. The van der Waals surface area contributed by atoms with Gasteiger partial charge in [-0.2, -0.15) is 4.31 Å². The SMILES string of the molecule is CCOC(=O)c1sc(NC(=O)c2ccc(S(=O)(=O)N(C)CC3CCCO3)cc2)nc1-c1ccccc1. The van der Waals surface area contributed by atoms with Gasteiger partial charge in [-0.05, 0) is 44.0 Å². The smallest absolute Gasteiger partial charge is 0.350 e. The third kappa shape index (κ3) is 5.81. The van der Waals surface area contributed by atoms with Crippen LogP contribution in [0.25, 0.3) is 11.3 Å². The number of nitrogens with zero attached hydrogens (tertiary/aromatic N) is 2. The summed E-state index contributed by atoms with van der Waals surface area (Å²) in [7, 11) is -2.20. The van der Waals surface area contributed by atoms with Crippen molar-refractivity contribution in [1.82, 2.24) is 9.29 Å². The van der Waals surface area contributed by atoms with Crippen LogP contribution in [0.3, 0.4) is 0 Å². The van der Waals surface area contributed by atoms with E-state index in [9.17, 15) is 18.0 Å². The van der Waals surface area contributed by atoms with Gasteiger partial charge in [0.1, 0.15) is 4.88 Å². The molecule has 9 nitrogen and oxygen atoms in total. The van der Waals surface area contributed by atoms with Gasteiger partial charge in [-0.1, -0.05) is 41.7 Å². The van der Waals surface area contributed by atoms with E-state index in [2.05, 4.69) is 10.3 Å². The summed E-state index contributed by atoms with van der Waals surface area (Å²) < 4.78 is 37.8. The van der Waals surface area contributed by atoms with E-state index in [1.165, 1.54) is 35.6 Å². The van der Waals surface area contributed by atoms with E-state index in [4.69, 9.17) is 9.47 Å². The topological polar surface area (TPSA) is 115 Å². The van der Waals surface area contributed by atoms with Crippen LogP contribution in [0.15, 0.2) is 59.5 Å². The summed E-state index contributed by atoms with van der Waals surface area (Å²) in [4.78, 5) is 30.1. The zero-order valence-corrected chi connectivity index (χ0v) is 21.6. The van der Waals surface area contributed by atoms with E-state index in [-0.39, 0.29) is 39.7 Å². The third-order valence-electron chi connectivity index (χ3n) is 5.67. The number of sulfonamides is 1. The van der Waals surface area contributed by atoms with Crippen LogP contribution < -0.4 is 5.32 Å². The summed E-state index contributed by atoms with van der Waals surface area (Å²) in [5.74, 6) is -0.994. The molecule has 190 valence electrons. The predicted octanol–water partition coefficient (Wildman–Crippen LogP) is 4.04. The van der Waals surface area contributed by atoms with Crippen LogP contribution in [0.5, 0.6) is 0 Å². The molecule has 11 heteroatoms. The van der Waals surface area contributed by atoms with E-state index in [1.807, 2.05) is 30.3 Å². The summed E-state index contributed by atoms with van der Waals surface area (Å²) in [6.07, 6.45) is 1.66. The summed E-state index contributed by atoms with van der Waals surface area (Å²) in [6.45, 7) is 2.86. The van der Waals surface area contributed by atoms with Crippen LogP contribution >= 0.6 is 11.3 Å². The molecule has 3 aromatic rings. The number of carbonyl (C=O) groups is 2. The number of likely N-dealkylation sites (N-methyl/N-ethyl adjacent to an activating group) is 1. The Morgan fingerprint density at radius 1 is 1.17 bits per heavy atom. The van der Waals surface area contributed by atoms with Gasteiger partial charge in [-0.25, -0.2) is 18.2 Å². The minimum absolute atomic E-state index is 0.0877. The van der Waals surface area contributed by atoms with Gasteiger partial charge in [0.25, 0.3) is 5.91 Å². The van der Waals surface area contributed by atoms with Crippen molar-refractivity contribution in [3.8, 4) is 11.3 Å². The van der Waals surface area contributed by atoms with Crippen molar-refractivity contribution >= 4 is 38.4 Å². The van der Waals surface area contributed by atoms with Gasteiger partial charge < -0.3 is 9.47 Å². The number of rotatable bonds is 9. The highest BCUT2D eigenvalue weighted by atomic mass is 32.2. The molecule has 0 radical (unpaired) electrons. The number of carbonyl (C=O) groups excluding carboxylic acids is 2. The van der Waals surface area contributed by atoms with E-state index in [1.54, 1.807) is 6.92 Å². The van der Waals surface area contributed by atoms with Crippen LogP contribution in [0.1, 0.15) is 39.8 Å². The number of esters is 1. The molecule has 1 aliphatic heterocycles. The average Bonchev–Trinajstić information content (AvgIpc) is 3.55. The molecule has 1 N–H and O–H groups in total. The first-order valence-electron chi connectivity index (χ1n) is 11.5. The number of benzene rings is 2. The highest BCUT2D eigenvalue weighted by molar-refractivity contribution is 7.89. The van der Waals surface area contributed by atoms with Crippen molar-refractivity contribution < 1.29 is 27.5 Å². The maximum atomic E-state index is 12.9. The first kappa shape index (κ1) is 26.0. The molecule has 1 atom stereocenters. The van der Waals surface area contributed by atoms with E-state index >= 15 is 0 Å². The Hall–Kier alpha value is -3.12. The van der Waals surface area contributed by atoms with Gasteiger partial charge in [-0.15, -0.1) is 0 Å². The third-order valence-corrected chi connectivity index (χ3v) is 8.45. The maximum Gasteiger partial charge on any atom is 0.350 e. The Labute approximate surface area is 214 Å². The minimum atomic E-state index is -3.72. The largest absolute Gasteiger partial charge is 0.462 e. The first-order chi connectivity index (χ1) is 17.3. The Morgan fingerprint density at radius 2 is 1.89 bits per heavy atom. The van der Waals surface area contributed by atoms with Crippen LogP contribution in [0.2, 0.25) is 0 Å². The summed E-state index contributed by atoms with van der Waals surface area (Å²) in [5, 5.41) is 2.93. The lowest BCUT2D eigenvalue weighted by atomic mass is 10.1. The number of aromatic nitrogens is 1. The van der Waals surface area contributed by atoms with Gasteiger partial charge in [0.2, 0.25) is 10.0 Å². The van der Waals surface area contributed by atoms with Crippen LogP contribution in [0, 0.1) is 0 Å². The molecule has 1 saturated heterocycles. The summed E-state index contributed by atoms with van der Waals surface area (Å²) in [6, 6.07) is 14.8. The van der Waals surface area contributed by atoms with Crippen molar-refractivity contribution in [2.45, 2.75) is 30.8 Å². The van der Waals surface area contributed by atoms with Crippen LogP contribution in [0.4, 0.5) is 5.13 Å². The Kier molecular flexibility index (Phi) is 8.14. The second-order valence-electron chi connectivity index (χ2n) is 8.18. The molecule has 1 aromatic heterocycles. The van der Waals surface area contributed by atoms with Gasteiger partial charge in [0.05, 0.1) is 23.3 Å². The molecule has 1 aliphatic rings. The van der Waals surface area contributed by atoms with Crippen LogP contribution in [-0.4, -0.2) is 62.5 Å². The Balaban J connectivity index is 1.50. The molecule has 2 heterocycles. The number of hydrogen-bond donors (Lipinski definition) is 1. The maximum absolute atomic E-state index is 12.9. The van der Waals surface area contributed by atoms with Gasteiger partial charge in [0, 0.05) is 31.3 Å². The Morgan fingerprint density at radius 3 is 2.53 bits per heavy atom. The van der Waals surface area contributed by atoms with E-state index in [0.29, 0.717) is 12.3 Å². The molecule has 0 saturated carbocycles. The number of thiazole rings is 1. The fourth-order valence-electron chi connectivity index (χ4n) is 3.80. The normalized spacial score (nSPS) is 15.7. The number of ether oxygens (including phenoxy) is 2. The number of nitrogens with one attached hydrogen (secondary N) is 1. The first-order valence-corrected chi connectivity index (χ1v) is 13.8. The second-order valence-corrected chi connectivity index (χ2v) is 11.2. The second kappa shape index (κ2) is 11.3. The lowest BCUT2D eigenvalue weighted by molar-refractivity contribution is 0.0532. The fourth-order valence-corrected chi connectivity index (χ4v) is 5.88. The van der Waals surface area contributed by atoms with Crippen molar-refractivity contribution in [3.63, 3.8) is 0 Å². The number of anilines is 1. The monoisotopic (exact) mass is 529 g/mol. The Bertz CT molecular complexity index is 1320. The van der Waals surface area contributed by atoms with E-state index in [0.717, 1.165) is 29.7 Å². The zero-order valence-electron chi connectivity index (χ0n) is 20.0. The molecule has 0 spiro atoms. The average molecular weight is 530 g/mol. The van der Waals surface area contributed by atoms with Crippen molar-refractivity contribution in [2.24, 2.45) is 0 Å². The van der Waals surface area contributed by atoms with Gasteiger partial charge in [-0.3, -0.25) is 10.1 Å². The predicted molar refractivity (Wildman–Crippen MR) is 137 cm³/mol. The minimum Gasteiger partial charge on any atom is -0.462 e. The fraction of sp³-hybridized carbons (Fsp3) is 0.320. The lowest BCUT2D eigenvalue weighted by Gasteiger charge is -2.20. The highest BCUT2D eigenvalue weighted by Gasteiger charge is 2.26. The van der Waals surface area contributed by atoms with Gasteiger partial charge in [0.15, 0.2) is 5.13 Å². The molecule has 0 aliphatic carbocycles. The zero-order chi connectivity index (χ0) is 25.7. The molecule has 1 unspecified atom stereocenters. The summed E-state index contributed by atoms with van der Waals surface area (Å²) >= 11 is 1.02. The lowest BCUT2D eigenvalue weighted by Crippen LogP contribution is -2.34. The molecular weight excluding hydrogens is 502 g/mol. The number of hydrogen-bond acceptors (Lipinski definition) is 8. The quantitative estimate of drug-likeness (QED) is 0.416. The molecule has 1 amide bonds. The van der Waals surface area contributed by atoms with Crippen LogP contribution in [-0.2, 0) is 19.5 Å². The molecule has 1 fully saturated rings. The standard InChI is InChI=1S/C25H27N3O6S2/c1-3-33-24(30)22-21(17-8-5-4-6-9-17)26-25(35-22)27-23(29)18-11-13-20(14-12-18)36(31,32)28(2)16-19-10-7-15-34-19/h4-6,8-9,11-14,19H,3,7,10,15-16H2,1-2H3,(H,26,27,29). The van der Waals surface area contributed by atoms with Gasteiger partial charge >= 0.3 is 5.97 Å². The van der Waals surface area contributed by atoms with E-state index < -0.39 is 21.9 Å². The van der Waals surface area contributed by atoms with Crippen molar-refractivity contribution in [1.29, 1.82) is 0 Å². The molecule has 4 rings (SSSR count). The van der Waals surface area contributed by atoms with Crippen molar-refractivity contribution in [2.75, 3.05) is 32.1 Å². The molecule has 0 bridgehead atoms. The molecular formula is C25H27N3O6S2. The number of amides is 1. The van der Waals surface area contributed by atoms with Crippen molar-refractivity contribution in [3.05, 3.63) is 65.0 Å². The molecule has 2 aromatic carbocycles.